The van der Waals surface area contributed by atoms with Gasteiger partial charge in [-0.15, -0.1) is 0 Å². The van der Waals surface area contributed by atoms with Gasteiger partial charge in [0.15, 0.2) is 0 Å². The predicted molar refractivity (Wildman–Crippen MR) is 86.4 cm³/mol. The molecule has 0 radical (unpaired) electrons. The van der Waals surface area contributed by atoms with Gasteiger partial charge in [0.1, 0.15) is 0 Å². The van der Waals surface area contributed by atoms with E-state index in [0.29, 0.717) is 17.1 Å². The van der Waals surface area contributed by atoms with Crippen LogP contribution in [0.3, 0.4) is 0 Å². The number of sulfone groups is 1. The zero-order valence-electron chi connectivity index (χ0n) is 12.0. The molecule has 1 heterocycles. The van der Waals surface area contributed by atoms with Crippen LogP contribution in [0.2, 0.25) is 5.02 Å². The molecule has 0 amide bonds. The summed E-state index contributed by atoms with van der Waals surface area (Å²) in [6.07, 6.45) is 0.362. The summed E-state index contributed by atoms with van der Waals surface area (Å²) < 4.78 is 26.3. The molecule has 8 heteroatoms. The van der Waals surface area contributed by atoms with Gasteiger partial charge in [-0.1, -0.05) is 47.0 Å². The Balaban J connectivity index is 1.83. The zero-order chi connectivity index (χ0) is 16.3. The molecule has 0 unspecified atom stereocenters. The van der Waals surface area contributed by atoms with Crippen molar-refractivity contribution in [2.75, 3.05) is 5.75 Å². The predicted octanol–water partition coefficient (Wildman–Crippen LogP) is 2.33. The van der Waals surface area contributed by atoms with Gasteiger partial charge >= 0.3 is 0 Å². The minimum Gasteiger partial charge on any atom is -0.220 e. The summed E-state index contributed by atoms with van der Waals surface area (Å²) in [5, 5.41) is 11.4. The van der Waals surface area contributed by atoms with Gasteiger partial charge in [-0.2, -0.15) is 4.68 Å². The highest BCUT2D eigenvalue weighted by Crippen LogP contribution is 2.15. The van der Waals surface area contributed by atoms with Crippen molar-refractivity contribution in [2.45, 2.75) is 11.6 Å². The third-order valence-electron chi connectivity index (χ3n) is 3.29. The number of aromatic nitrogens is 4. The van der Waals surface area contributed by atoms with Crippen molar-refractivity contribution < 1.29 is 8.42 Å². The number of hydrogen-bond acceptors (Lipinski definition) is 5. The molecule has 6 nitrogen and oxygen atoms in total. The molecule has 0 aliphatic rings. The number of halogens is 1. The average Bonchev–Trinajstić information content (AvgIpc) is 3.06. The van der Waals surface area contributed by atoms with E-state index in [9.17, 15) is 8.42 Å². The van der Waals surface area contributed by atoms with Crippen LogP contribution >= 0.6 is 11.6 Å². The Labute approximate surface area is 138 Å². The molecule has 0 atom stereocenters. The molecule has 0 saturated carbocycles. The molecule has 3 rings (SSSR count). The second-order valence-electron chi connectivity index (χ2n) is 4.90. The number of nitrogens with zero attached hydrogens (tertiary/aromatic N) is 4. The minimum atomic E-state index is -3.61. The number of para-hydroxylation sites is 1. The van der Waals surface area contributed by atoms with Crippen LogP contribution in [0.1, 0.15) is 5.56 Å². The molecule has 0 fully saturated rings. The highest BCUT2D eigenvalue weighted by molar-refractivity contribution is 7.91. The number of hydrogen-bond donors (Lipinski definition) is 0. The van der Waals surface area contributed by atoms with Crippen LogP contribution in [0.4, 0.5) is 0 Å². The van der Waals surface area contributed by atoms with E-state index in [1.54, 1.807) is 48.5 Å². The zero-order valence-corrected chi connectivity index (χ0v) is 13.6. The smallest absolute Gasteiger partial charge is 0.220 e. The Hall–Kier alpha value is -2.25. The fourth-order valence-electron chi connectivity index (χ4n) is 2.10. The standard InChI is InChI=1S/C15H13ClN4O2S/c16-13-8-6-12(7-9-13)10-11-23(21,22)15-17-18-19-20(15)14-4-2-1-3-5-14/h1-9H,10-11H2. The molecule has 23 heavy (non-hydrogen) atoms. The van der Waals surface area contributed by atoms with E-state index in [4.69, 9.17) is 11.6 Å². The Morgan fingerprint density at radius 3 is 2.39 bits per heavy atom. The largest absolute Gasteiger partial charge is 0.272 e. The van der Waals surface area contributed by atoms with Gasteiger partial charge in [0.25, 0.3) is 5.16 Å². The monoisotopic (exact) mass is 348 g/mol. The maximum atomic E-state index is 12.5. The SMILES string of the molecule is O=S(=O)(CCc1ccc(Cl)cc1)c1nnnn1-c1ccccc1. The van der Waals surface area contributed by atoms with E-state index in [-0.39, 0.29) is 10.9 Å². The van der Waals surface area contributed by atoms with Crippen molar-refractivity contribution >= 4 is 21.4 Å². The summed E-state index contributed by atoms with van der Waals surface area (Å²) >= 11 is 5.82. The highest BCUT2D eigenvalue weighted by Gasteiger charge is 2.23. The van der Waals surface area contributed by atoms with E-state index in [2.05, 4.69) is 15.5 Å². The van der Waals surface area contributed by atoms with Gasteiger partial charge in [-0.05, 0) is 46.7 Å². The second-order valence-corrected chi connectivity index (χ2v) is 7.34. The molecule has 3 aromatic rings. The topological polar surface area (TPSA) is 77.7 Å². The molecule has 118 valence electrons. The molecule has 0 N–H and O–H groups in total. The molecule has 2 aromatic carbocycles. The van der Waals surface area contributed by atoms with Crippen LogP contribution in [0, 0.1) is 0 Å². The van der Waals surface area contributed by atoms with E-state index < -0.39 is 9.84 Å². The fraction of sp³-hybridized carbons (Fsp3) is 0.133. The summed E-state index contributed by atoms with van der Waals surface area (Å²) in [6.45, 7) is 0. The first-order valence-corrected chi connectivity index (χ1v) is 8.90. The Morgan fingerprint density at radius 2 is 1.70 bits per heavy atom. The summed E-state index contributed by atoms with van der Waals surface area (Å²) in [7, 11) is -3.61. The third kappa shape index (κ3) is 3.57. The van der Waals surface area contributed by atoms with Gasteiger partial charge < -0.3 is 0 Å². The van der Waals surface area contributed by atoms with Crippen LogP contribution in [0.25, 0.3) is 5.69 Å². The normalized spacial score (nSPS) is 11.5. The minimum absolute atomic E-state index is 0.0815. The van der Waals surface area contributed by atoms with Crippen LogP contribution in [0.15, 0.2) is 59.8 Å². The van der Waals surface area contributed by atoms with Crippen molar-refractivity contribution in [3.63, 3.8) is 0 Å². The van der Waals surface area contributed by atoms with Crippen molar-refractivity contribution in [2.24, 2.45) is 0 Å². The fourth-order valence-corrected chi connectivity index (χ4v) is 3.48. The summed E-state index contributed by atoms with van der Waals surface area (Å²) in [5.41, 5.74) is 1.49. The highest BCUT2D eigenvalue weighted by atomic mass is 35.5. The van der Waals surface area contributed by atoms with E-state index in [0.717, 1.165) is 5.56 Å². The van der Waals surface area contributed by atoms with Gasteiger partial charge in [0.05, 0.1) is 11.4 Å². The summed E-state index contributed by atoms with van der Waals surface area (Å²) in [5.74, 6) is -0.0815. The van der Waals surface area contributed by atoms with E-state index >= 15 is 0 Å². The molecule has 0 spiro atoms. The van der Waals surface area contributed by atoms with E-state index in [1.807, 2.05) is 6.07 Å². The van der Waals surface area contributed by atoms with Crippen LogP contribution in [0.5, 0.6) is 0 Å². The summed E-state index contributed by atoms with van der Waals surface area (Å²) in [6, 6.07) is 16.0. The number of benzene rings is 2. The number of rotatable bonds is 5. The molecule has 0 aliphatic heterocycles. The molecular formula is C15H13ClN4O2S. The summed E-state index contributed by atoms with van der Waals surface area (Å²) in [4.78, 5) is 0. The van der Waals surface area contributed by atoms with Gasteiger partial charge in [-0.25, -0.2) is 8.42 Å². The van der Waals surface area contributed by atoms with Gasteiger partial charge in [0, 0.05) is 5.02 Å². The Morgan fingerprint density at radius 1 is 1.00 bits per heavy atom. The van der Waals surface area contributed by atoms with Gasteiger partial charge in [-0.3, -0.25) is 0 Å². The first kappa shape index (κ1) is 15.6. The lowest BCUT2D eigenvalue weighted by Crippen LogP contribution is -2.15. The number of aryl methyl sites for hydroxylation is 1. The molecule has 0 aliphatic carbocycles. The maximum Gasteiger partial charge on any atom is 0.272 e. The van der Waals surface area contributed by atoms with Gasteiger partial charge in [0.2, 0.25) is 9.84 Å². The average molecular weight is 349 g/mol. The number of tetrazole rings is 1. The molecular weight excluding hydrogens is 336 g/mol. The lowest BCUT2D eigenvalue weighted by Gasteiger charge is -2.06. The van der Waals surface area contributed by atoms with Crippen molar-refractivity contribution in [3.8, 4) is 5.69 Å². The third-order valence-corrected chi connectivity index (χ3v) is 5.10. The molecule has 1 aromatic heterocycles. The maximum absolute atomic E-state index is 12.5. The Kier molecular flexibility index (Phi) is 4.40. The first-order valence-electron chi connectivity index (χ1n) is 6.87. The first-order chi connectivity index (χ1) is 11.1. The molecule has 0 saturated heterocycles. The second kappa shape index (κ2) is 6.47. The van der Waals surface area contributed by atoms with E-state index in [1.165, 1.54) is 4.68 Å². The van der Waals surface area contributed by atoms with Crippen LogP contribution in [-0.2, 0) is 16.3 Å². The lowest BCUT2D eigenvalue weighted by molar-refractivity contribution is 0.579. The molecule has 0 bridgehead atoms. The Bertz CT molecular complexity index is 893. The van der Waals surface area contributed by atoms with Crippen LogP contribution < -0.4 is 0 Å². The van der Waals surface area contributed by atoms with Crippen molar-refractivity contribution in [1.29, 1.82) is 0 Å². The van der Waals surface area contributed by atoms with Crippen molar-refractivity contribution in [1.82, 2.24) is 20.2 Å². The van der Waals surface area contributed by atoms with Crippen molar-refractivity contribution in [3.05, 3.63) is 65.2 Å². The quantitative estimate of drug-likeness (QED) is 0.707. The lowest BCUT2D eigenvalue weighted by atomic mass is 10.2. The van der Waals surface area contributed by atoms with Crippen LogP contribution in [-0.4, -0.2) is 34.4 Å².